The number of amides is 1. The summed E-state index contributed by atoms with van der Waals surface area (Å²) < 4.78 is 0. The van der Waals surface area contributed by atoms with Crippen molar-refractivity contribution in [3.63, 3.8) is 0 Å². The Morgan fingerprint density at radius 1 is 1.18 bits per heavy atom. The molecular weight excluding hydrogens is 336 g/mol. The number of hydrogen-bond acceptors (Lipinski definition) is 4. The van der Waals surface area contributed by atoms with Gasteiger partial charge in [0, 0.05) is 29.3 Å². The van der Waals surface area contributed by atoms with Crippen molar-refractivity contribution in [2.45, 2.75) is 10.8 Å². The summed E-state index contributed by atoms with van der Waals surface area (Å²) in [5, 5.41) is 4.64. The fraction of sp³-hybridized carbons (Fsp3) is 0.250. The van der Waals surface area contributed by atoms with E-state index < -0.39 is 0 Å². The maximum atomic E-state index is 11.7. The van der Waals surface area contributed by atoms with Crippen LogP contribution < -0.4 is 5.32 Å². The summed E-state index contributed by atoms with van der Waals surface area (Å²) in [6, 6.07) is 13.5. The Bertz CT molecular complexity index is 596. The monoisotopic (exact) mass is 352 g/mol. The molecule has 22 heavy (non-hydrogen) atoms. The second-order valence-corrected chi connectivity index (χ2v) is 6.96. The van der Waals surface area contributed by atoms with Gasteiger partial charge < -0.3 is 5.32 Å². The molecule has 6 heteroatoms. The first-order chi connectivity index (χ1) is 10.8. The Morgan fingerprint density at radius 3 is 2.77 bits per heavy atom. The zero-order valence-electron chi connectivity index (χ0n) is 12.0. The molecule has 2 aromatic rings. The van der Waals surface area contributed by atoms with E-state index in [0.717, 1.165) is 27.1 Å². The third-order valence-electron chi connectivity index (χ3n) is 2.76. The second kappa shape index (κ2) is 9.77. The van der Waals surface area contributed by atoms with Gasteiger partial charge in [-0.1, -0.05) is 35.9 Å². The molecule has 0 bridgehead atoms. The smallest absolute Gasteiger partial charge is 0.230 e. The van der Waals surface area contributed by atoms with E-state index in [2.05, 4.69) is 10.3 Å². The van der Waals surface area contributed by atoms with Gasteiger partial charge in [-0.3, -0.25) is 4.79 Å². The van der Waals surface area contributed by atoms with Crippen molar-refractivity contribution >= 4 is 41.0 Å². The summed E-state index contributed by atoms with van der Waals surface area (Å²) in [6.07, 6.45) is 1.77. The predicted octanol–water partition coefficient (Wildman–Crippen LogP) is 3.88. The van der Waals surface area contributed by atoms with E-state index in [4.69, 9.17) is 11.6 Å². The highest BCUT2D eigenvalue weighted by atomic mass is 35.5. The van der Waals surface area contributed by atoms with Gasteiger partial charge in [0.2, 0.25) is 5.91 Å². The van der Waals surface area contributed by atoms with Crippen LogP contribution in [0.25, 0.3) is 0 Å². The summed E-state index contributed by atoms with van der Waals surface area (Å²) in [6.45, 7) is 0.646. The Balaban J connectivity index is 1.57. The standard InChI is InChI=1S/C16H17ClN2OS2/c17-14-6-2-1-5-13(14)11-21-12-15(20)18-9-10-22-16-7-3-4-8-19-16/h1-8H,9-12H2,(H,18,20). The number of carbonyl (C=O) groups excluding carboxylic acids is 1. The van der Waals surface area contributed by atoms with Crippen molar-refractivity contribution in [1.82, 2.24) is 10.3 Å². The maximum absolute atomic E-state index is 11.7. The average molecular weight is 353 g/mol. The lowest BCUT2D eigenvalue weighted by Crippen LogP contribution is -2.27. The molecule has 0 aliphatic heterocycles. The van der Waals surface area contributed by atoms with Crippen LogP contribution >= 0.6 is 35.1 Å². The lowest BCUT2D eigenvalue weighted by Gasteiger charge is -2.06. The molecule has 1 heterocycles. The molecule has 1 N–H and O–H groups in total. The minimum Gasteiger partial charge on any atom is -0.355 e. The number of pyridine rings is 1. The number of halogens is 1. The summed E-state index contributed by atoms with van der Waals surface area (Å²) in [7, 11) is 0. The number of carbonyl (C=O) groups is 1. The maximum Gasteiger partial charge on any atom is 0.230 e. The second-order valence-electron chi connectivity index (χ2n) is 4.45. The molecule has 0 spiro atoms. The summed E-state index contributed by atoms with van der Waals surface area (Å²) >= 11 is 9.28. The molecule has 0 aliphatic carbocycles. The largest absolute Gasteiger partial charge is 0.355 e. The molecule has 0 aliphatic rings. The van der Waals surface area contributed by atoms with Gasteiger partial charge >= 0.3 is 0 Å². The van der Waals surface area contributed by atoms with Crippen molar-refractivity contribution in [1.29, 1.82) is 0 Å². The quantitative estimate of drug-likeness (QED) is 0.578. The van der Waals surface area contributed by atoms with Crippen molar-refractivity contribution < 1.29 is 4.79 Å². The molecule has 3 nitrogen and oxygen atoms in total. The fourth-order valence-electron chi connectivity index (χ4n) is 1.70. The SMILES string of the molecule is O=C(CSCc1ccccc1Cl)NCCSc1ccccn1. The fourth-order valence-corrected chi connectivity index (χ4v) is 3.57. The van der Waals surface area contributed by atoms with Crippen LogP contribution in [0.2, 0.25) is 5.02 Å². The Kier molecular flexibility index (Phi) is 7.63. The van der Waals surface area contributed by atoms with Gasteiger partial charge in [-0.05, 0) is 23.8 Å². The van der Waals surface area contributed by atoms with Gasteiger partial charge in [0.25, 0.3) is 0 Å². The van der Waals surface area contributed by atoms with Gasteiger partial charge in [0.1, 0.15) is 0 Å². The molecule has 1 amide bonds. The van der Waals surface area contributed by atoms with E-state index in [1.807, 2.05) is 42.5 Å². The highest BCUT2D eigenvalue weighted by molar-refractivity contribution is 7.99. The molecule has 0 fully saturated rings. The molecule has 0 atom stereocenters. The topological polar surface area (TPSA) is 42.0 Å². The predicted molar refractivity (Wildman–Crippen MR) is 95.6 cm³/mol. The van der Waals surface area contributed by atoms with Crippen molar-refractivity contribution in [2.24, 2.45) is 0 Å². The van der Waals surface area contributed by atoms with E-state index in [0.29, 0.717) is 12.3 Å². The van der Waals surface area contributed by atoms with E-state index in [1.54, 1.807) is 29.7 Å². The average Bonchev–Trinajstić information content (AvgIpc) is 2.54. The van der Waals surface area contributed by atoms with Crippen molar-refractivity contribution in [3.8, 4) is 0 Å². The minimum atomic E-state index is 0.0543. The third kappa shape index (κ3) is 6.30. The molecule has 0 unspecified atom stereocenters. The zero-order valence-corrected chi connectivity index (χ0v) is 14.4. The van der Waals surface area contributed by atoms with Gasteiger partial charge in [-0.2, -0.15) is 0 Å². The molecular formula is C16H17ClN2OS2. The molecule has 0 radical (unpaired) electrons. The van der Waals surface area contributed by atoms with E-state index in [1.165, 1.54) is 0 Å². The van der Waals surface area contributed by atoms with E-state index >= 15 is 0 Å². The molecule has 1 aromatic heterocycles. The van der Waals surface area contributed by atoms with Gasteiger partial charge in [0.15, 0.2) is 0 Å². The molecule has 0 saturated heterocycles. The highest BCUT2D eigenvalue weighted by Gasteiger charge is 2.04. The van der Waals surface area contributed by atoms with E-state index in [-0.39, 0.29) is 5.91 Å². The Morgan fingerprint density at radius 2 is 2.00 bits per heavy atom. The van der Waals surface area contributed by atoms with Gasteiger partial charge in [-0.25, -0.2) is 4.98 Å². The number of thioether (sulfide) groups is 2. The van der Waals surface area contributed by atoms with Gasteiger partial charge in [0.05, 0.1) is 10.8 Å². The normalized spacial score (nSPS) is 10.4. The third-order valence-corrected chi connectivity index (χ3v) is 5.06. The first kappa shape index (κ1) is 17.2. The number of nitrogens with zero attached hydrogens (tertiary/aromatic N) is 1. The lowest BCUT2D eigenvalue weighted by molar-refractivity contribution is -0.118. The van der Waals surface area contributed by atoms with Crippen LogP contribution in [0.3, 0.4) is 0 Å². The number of rotatable bonds is 8. The van der Waals surface area contributed by atoms with Crippen LogP contribution in [0.5, 0.6) is 0 Å². The summed E-state index contributed by atoms with van der Waals surface area (Å²) in [5.41, 5.74) is 1.06. The van der Waals surface area contributed by atoms with Gasteiger partial charge in [-0.15, -0.1) is 23.5 Å². The van der Waals surface area contributed by atoms with Crippen LogP contribution in [0.1, 0.15) is 5.56 Å². The van der Waals surface area contributed by atoms with Crippen LogP contribution in [-0.2, 0) is 10.5 Å². The number of nitrogens with one attached hydrogen (secondary N) is 1. The number of benzene rings is 1. The molecule has 2 rings (SSSR count). The molecule has 0 saturated carbocycles. The van der Waals surface area contributed by atoms with Crippen LogP contribution in [0.15, 0.2) is 53.7 Å². The lowest BCUT2D eigenvalue weighted by atomic mass is 10.2. The minimum absolute atomic E-state index is 0.0543. The number of hydrogen-bond donors (Lipinski definition) is 1. The summed E-state index contributed by atoms with van der Waals surface area (Å²) in [5.74, 6) is 2.06. The highest BCUT2D eigenvalue weighted by Crippen LogP contribution is 2.20. The molecule has 1 aromatic carbocycles. The summed E-state index contributed by atoms with van der Waals surface area (Å²) in [4.78, 5) is 16.0. The number of aromatic nitrogens is 1. The molecule has 116 valence electrons. The Hall–Kier alpha value is -1.17. The van der Waals surface area contributed by atoms with Crippen LogP contribution in [-0.4, -0.2) is 28.9 Å². The first-order valence-electron chi connectivity index (χ1n) is 6.87. The first-order valence-corrected chi connectivity index (χ1v) is 9.39. The van der Waals surface area contributed by atoms with Crippen LogP contribution in [0, 0.1) is 0 Å². The Labute approximate surface area is 144 Å². The van der Waals surface area contributed by atoms with Crippen LogP contribution in [0.4, 0.5) is 0 Å². The zero-order chi connectivity index (χ0) is 15.6. The van der Waals surface area contributed by atoms with Crippen molar-refractivity contribution in [2.75, 3.05) is 18.1 Å². The van der Waals surface area contributed by atoms with E-state index in [9.17, 15) is 4.79 Å². The van der Waals surface area contributed by atoms with Crippen molar-refractivity contribution in [3.05, 3.63) is 59.2 Å².